The summed E-state index contributed by atoms with van der Waals surface area (Å²) in [5, 5.41) is 3.57. The maximum Gasteiger partial charge on any atom is 0.244 e. The third-order valence-corrected chi connectivity index (χ3v) is 3.81. The van der Waals surface area contributed by atoms with Crippen LogP contribution >= 0.6 is 0 Å². The van der Waals surface area contributed by atoms with Crippen LogP contribution in [0, 0.1) is 5.92 Å². The maximum atomic E-state index is 12.2. The maximum absolute atomic E-state index is 12.2. The lowest BCUT2D eigenvalue weighted by atomic mass is 10.1. The van der Waals surface area contributed by atoms with E-state index in [1.165, 1.54) is 12.8 Å². The molecular weight excluding hydrogens is 188 g/mol. The molecule has 0 radical (unpaired) electrons. The Morgan fingerprint density at radius 1 is 1.47 bits per heavy atom. The zero-order valence-electron chi connectivity index (χ0n) is 9.62. The van der Waals surface area contributed by atoms with Gasteiger partial charge in [0.05, 0.1) is 11.7 Å². The largest absolute Gasteiger partial charge is 0.323 e. The van der Waals surface area contributed by atoms with Crippen LogP contribution in [0.25, 0.3) is 0 Å². The van der Waals surface area contributed by atoms with Crippen molar-refractivity contribution in [3.8, 4) is 0 Å². The Morgan fingerprint density at radius 2 is 2.13 bits per heavy atom. The standard InChI is InChI=1S/C12H20N2O/c1-8(2)7-10-13-12(5-6-12)11(15)14(10)9-3-4-9/h8-10,13H,3-7H2,1-2H3. The zero-order valence-corrected chi connectivity index (χ0v) is 9.62. The van der Waals surface area contributed by atoms with E-state index in [1.807, 2.05) is 0 Å². The topological polar surface area (TPSA) is 32.3 Å². The van der Waals surface area contributed by atoms with Gasteiger partial charge in [-0.2, -0.15) is 0 Å². The fourth-order valence-corrected chi connectivity index (χ4v) is 2.71. The number of hydrogen-bond donors (Lipinski definition) is 1. The third kappa shape index (κ3) is 1.48. The predicted octanol–water partition coefficient (Wildman–Crippen LogP) is 1.49. The minimum Gasteiger partial charge on any atom is -0.323 e. The van der Waals surface area contributed by atoms with Crippen LogP contribution in [0.3, 0.4) is 0 Å². The quantitative estimate of drug-likeness (QED) is 0.762. The van der Waals surface area contributed by atoms with E-state index in [-0.39, 0.29) is 5.54 Å². The van der Waals surface area contributed by atoms with Gasteiger partial charge in [-0.1, -0.05) is 13.8 Å². The van der Waals surface area contributed by atoms with Crippen molar-refractivity contribution in [2.75, 3.05) is 0 Å². The van der Waals surface area contributed by atoms with Crippen LogP contribution in [-0.2, 0) is 4.79 Å². The van der Waals surface area contributed by atoms with Crippen molar-refractivity contribution in [3.63, 3.8) is 0 Å². The summed E-state index contributed by atoms with van der Waals surface area (Å²) in [7, 11) is 0. The summed E-state index contributed by atoms with van der Waals surface area (Å²) in [6.07, 6.45) is 5.99. The van der Waals surface area contributed by atoms with Crippen molar-refractivity contribution in [1.82, 2.24) is 10.2 Å². The minimum atomic E-state index is -0.109. The fourth-order valence-electron chi connectivity index (χ4n) is 2.71. The third-order valence-electron chi connectivity index (χ3n) is 3.81. The van der Waals surface area contributed by atoms with Crippen LogP contribution < -0.4 is 5.32 Å². The first-order chi connectivity index (χ1) is 7.12. The van der Waals surface area contributed by atoms with E-state index < -0.39 is 0 Å². The summed E-state index contributed by atoms with van der Waals surface area (Å²) in [5.41, 5.74) is -0.109. The van der Waals surface area contributed by atoms with Gasteiger partial charge in [0.2, 0.25) is 5.91 Å². The molecule has 84 valence electrons. The van der Waals surface area contributed by atoms with Crippen LogP contribution in [0.1, 0.15) is 46.0 Å². The number of carbonyl (C=O) groups excluding carboxylic acids is 1. The number of hydrogen-bond acceptors (Lipinski definition) is 2. The first-order valence-electron chi connectivity index (χ1n) is 6.23. The molecule has 3 rings (SSSR count). The van der Waals surface area contributed by atoms with Crippen molar-refractivity contribution < 1.29 is 4.79 Å². The van der Waals surface area contributed by atoms with Gasteiger partial charge >= 0.3 is 0 Å². The van der Waals surface area contributed by atoms with E-state index >= 15 is 0 Å². The molecule has 1 saturated heterocycles. The SMILES string of the molecule is CC(C)CC1NC2(CC2)C(=O)N1C1CC1. The van der Waals surface area contributed by atoms with Gasteiger partial charge in [-0.15, -0.1) is 0 Å². The van der Waals surface area contributed by atoms with Gasteiger partial charge in [-0.3, -0.25) is 10.1 Å². The second-order valence-corrected chi connectivity index (χ2v) is 5.82. The first-order valence-corrected chi connectivity index (χ1v) is 6.23. The monoisotopic (exact) mass is 208 g/mol. The zero-order chi connectivity index (χ0) is 10.6. The van der Waals surface area contributed by atoms with Crippen molar-refractivity contribution >= 4 is 5.91 Å². The fraction of sp³-hybridized carbons (Fsp3) is 0.917. The Labute approximate surface area is 91.2 Å². The summed E-state index contributed by atoms with van der Waals surface area (Å²) in [6, 6.07) is 0.564. The number of nitrogens with zero attached hydrogens (tertiary/aromatic N) is 1. The molecule has 3 nitrogen and oxygen atoms in total. The Kier molecular flexibility index (Phi) is 1.91. The van der Waals surface area contributed by atoms with Gasteiger partial charge in [-0.05, 0) is 38.0 Å². The lowest BCUT2D eigenvalue weighted by molar-refractivity contribution is -0.131. The lowest BCUT2D eigenvalue weighted by Crippen LogP contribution is -2.39. The summed E-state index contributed by atoms with van der Waals surface area (Å²) in [4.78, 5) is 14.4. The Morgan fingerprint density at radius 3 is 2.60 bits per heavy atom. The van der Waals surface area contributed by atoms with Crippen LogP contribution in [0.4, 0.5) is 0 Å². The normalized spacial score (nSPS) is 33.1. The highest BCUT2D eigenvalue weighted by Gasteiger charge is 2.61. The van der Waals surface area contributed by atoms with E-state index in [2.05, 4.69) is 24.1 Å². The molecule has 3 fully saturated rings. The molecule has 0 aromatic rings. The smallest absolute Gasteiger partial charge is 0.244 e. The summed E-state index contributed by atoms with van der Waals surface area (Å²) < 4.78 is 0. The van der Waals surface area contributed by atoms with Crippen LogP contribution in [0.15, 0.2) is 0 Å². The first kappa shape index (κ1) is 9.64. The van der Waals surface area contributed by atoms with E-state index in [1.54, 1.807) is 0 Å². The molecule has 1 aliphatic heterocycles. The molecule has 0 bridgehead atoms. The summed E-state index contributed by atoms with van der Waals surface area (Å²) >= 11 is 0. The molecule has 0 aromatic carbocycles. The molecule has 1 amide bonds. The van der Waals surface area contributed by atoms with Gasteiger partial charge in [0, 0.05) is 6.04 Å². The molecule has 1 atom stereocenters. The molecule has 1 N–H and O–H groups in total. The molecule has 1 heterocycles. The summed E-state index contributed by atoms with van der Waals surface area (Å²) in [6.45, 7) is 4.46. The van der Waals surface area contributed by atoms with Gasteiger partial charge in [0.25, 0.3) is 0 Å². The predicted molar refractivity (Wildman–Crippen MR) is 58.2 cm³/mol. The Hall–Kier alpha value is -0.570. The number of nitrogens with one attached hydrogen (secondary N) is 1. The molecule has 1 spiro atoms. The number of carbonyl (C=O) groups is 1. The van der Waals surface area contributed by atoms with Crippen molar-refractivity contribution in [1.29, 1.82) is 0 Å². The average molecular weight is 208 g/mol. The van der Waals surface area contributed by atoms with Gasteiger partial charge in [0.1, 0.15) is 0 Å². The Bertz CT molecular complexity index is 292. The van der Waals surface area contributed by atoms with Crippen molar-refractivity contribution in [2.24, 2.45) is 5.92 Å². The van der Waals surface area contributed by atoms with E-state index in [0.29, 0.717) is 24.0 Å². The van der Waals surface area contributed by atoms with Crippen LogP contribution in [-0.4, -0.2) is 28.6 Å². The highest BCUT2D eigenvalue weighted by atomic mass is 16.2. The molecule has 3 aliphatic rings. The molecule has 2 aliphatic carbocycles. The van der Waals surface area contributed by atoms with Crippen LogP contribution in [0.5, 0.6) is 0 Å². The highest BCUT2D eigenvalue weighted by Crippen LogP contribution is 2.46. The van der Waals surface area contributed by atoms with Crippen molar-refractivity contribution in [3.05, 3.63) is 0 Å². The van der Waals surface area contributed by atoms with E-state index in [0.717, 1.165) is 19.3 Å². The molecule has 3 heteroatoms. The van der Waals surface area contributed by atoms with Crippen molar-refractivity contribution in [2.45, 2.75) is 63.7 Å². The van der Waals surface area contributed by atoms with Gasteiger partial charge < -0.3 is 4.90 Å². The average Bonchev–Trinajstić information content (AvgIpc) is 2.97. The molecular formula is C12H20N2O. The van der Waals surface area contributed by atoms with Gasteiger partial charge in [0.15, 0.2) is 0 Å². The number of rotatable bonds is 3. The van der Waals surface area contributed by atoms with Gasteiger partial charge in [-0.25, -0.2) is 0 Å². The highest BCUT2D eigenvalue weighted by molar-refractivity contribution is 5.92. The second-order valence-electron chi connectivity index (χ2n) is 5.82. The summed E-state index contributed by atoms with van der Waals surface area (Å²) in [5.74, 6) is 1.06. The molecule has 1 unspecified atom stereocenters. The van der Waals surface area contributed by atoms with E-state index in [9.17, 15) is 4.79 Å². The second kappa shape index (κ2) is 2.97. The Balaban J connectivity index is 1.78. The van der Waals surface area contributed by atoms with E-state index in [4.69, 9.17) is 0 Å². The number of amides is 1. The molecule has 0 aromatic heterocycles. The molecule has 2 saturated carbocycles. The van der Waals surface area contributed by atoms with Crippen LogP contribution in [0.2, 0.25) is 0 Å². The molecule has 15 heavy (non-hydrogen) atoms. The lowest BCUT2D eigenvalue weighted by Gasteiger charge is -2.25. The minimum absolute atomic E-state index is 0.109.